The Balaban J connectivity index is 1.34. The van der Waals surface area contributed by atoms with Crippen molar-refractivity contribution in [3.05, 3.63) is 71.7 Å². The number of benzene rings is 1. The zero-order valence-corrected chi connectivity index (χ0v) is 19.3. The fourth-order valence-electron chi connectivity index (χ4n) is 3.81. The standard InChI is InChI=1S/C26H32FN5O2/c27-26(8-9-26)19-30-17-22(15-28)24-7-10-29-16-21(24)3-6-25(33)31-23-4-1-20(2-5-23)18-32-11-13-34-14-12-32/h1-7,10,16-17,30H,8-9,11-15,18-19,28H2,(H,31,33)/b6-3+,22-17+. The number of nitrogens with zero attached hydrogens (tertiary/aromatic N) is 2. The highest BCUT2D eigenvalue weighted by molar-refractivity contribution is 6.02. The zero-order chi connectivity index (χ0) is 23.8. The van der Waals surface area contributed by atoms with Crippen LogP contribution in [-0.4, -0.2) is 60.9 Å². The van der Waals surface area contributed by atoms with E-state index in [9.17, 15) is 9.18 Å². The molecule has 7 nitrogen and oxygen atoms in total. The van der Waals surface area contributed by atoms with Crippen molar-refractivity contribution in [1.29, 1.82) is 0 Å². The number of halogens is 1. The molecule has 0 atom stereocenters. The van der Waals surface area contributed by atoms with Crippen LogP contribution in [0.3, 0.4) is 0 Å². The number of ether oxygens (including phenoxy) is 1. The smallest absolute Gasteiger partial charge is 0.248 e. The Morgan fingerprint density at radius 1 is 1.21 bits per heavy atom. The van der Waals surface area contributed by atoms with E-state index in [1.807, 2.05) is 30.3 Å². The van der Waals surface area contributed by atoms with E-state index >= 15 is 0 Å². The molecule has 1 amide bonds. The topological polar surface area (TPSA) is 92.5 Å². The maximum atomic E-state index is 13.9. The lowest BCUT2D eigenvalue weighted by molar-refractivity contribution is -0.111. The number of aromatic nitrogens is 1. The van der Waals surface area contributed by atoms with Crippen molar-refractivity contribution in [2.24, 2.45) is 5.73 Å². The summed E-state index contributed by atoms with van der Waals surface area (Å²) >= 11 is 0. The van der Waals surface area contributed by atoms with E-state index in [0.717, 1.165) is 55.2 Å². The van der Waals surface area contributed by atoms with Crippen LogP contribution in [-0.2, 0) is 16.1 Å². The number of morpholine rings is 1. The molecular weight excluding hydrogens is 433 g/mol. The van der Waals surface area contributed by atoms with E-state index in [1.165, 1.54) is 11.6 Å². The summed E-state index contributed by atoms with van der Waals surface area (Å²) in [6, 6.07) is 9.73. The number of hydrogen-bond donors (Lipinski definition) is 3. The minimum atomic E-state index is -1.09. The molecule has 1 aliphatic heterocycles. The van der Waals surface area contributed by atoms with E-state index in [2.05, 4.69) is 20.5 Å². The molecule has 34 heavy (non-hydrogen) atoms. The first-order chi connectivity index (χ1) is 16.5. The maximum absolute atomic E-state index is 13.9. The lowest BCUT2D eigenvalue weighted by Gasteiger charge is -2.26. The third-order valence-corrected chi connectivity index (χ3v) is 6.05. The normalized spacial score (nSPS) is 18.1. The molecular formula is C26H32FN5O2. The van der Waals surface area contributed by atoms with E-state index < -0.39 is 5.67 Å². The lowest BCUT2D eigenvalue weighted by atomic mass is 10.0. The van der Waals surface area contributed by atoms with Crippen LogP contribution in [0.2, 0.25) is 0 Å². The van der Waals surface area contributed by atoms with E-state index in [4.69, 9.17) is 10.5 Å². The number of nitrogens with one attached hydrogen (secondary N) is 2. The third kappa shape index (κ3) is 6.96. The van der Waals surface area contributed by atoms with Crippen molar-refractivity contribution in [1.82, 2.24) is 15.2 Å². The molecule has 1 saturated carbocycles. The molecule has 2 aromatic rings. The second kappa shape index (κ2) is 11.4. The van der Waals surface area contributed by atoms with Crippen LogP contribution in [0.4, 0.5) is 10.1 Å². The summed E-state index contributed by atoms with van der Waals surface area (Å²) in [5.41, 5.74) is 9.22. The average molecular weight is 466 g/mol. The molecule has 1 aromatic carbocycles. The van der Waals surface area contributed by atoms with Gasteiger partial charge in [0, 0.05) is 68.6 Å². The summed E-state index contributed by atoms with van der Waals surface area (Å²) in [6.07, 6.45) is 9.50. The predicted octanol–water partition coefficient (Wildman–Crippen LogP) is 2.96. The number of amides is 1. The highest BCUT2D eigenvalue weighted by atomic mass is 19.1. The van der Waals surface area contributed by atoms with Gasteiger partial charge in [0.1, 0.15) is 5.67 Å². The first-order valence-corrected chi connectivity index (χ1v) is 11.7. The van der Waals surface area contributed by atoms with Gasteiger partial charge in [-0.2, -0.15) is 0 Å². The van der Waals surface area contributed by atoms with Crippen LogP contribution in [0.15, 0.2) is 55.0 Å². The van der Waals surface area contributed by atoms with Crippen molar-refractivity contribution in [2.45, 2.75) is 25.1 Å². The fraction of sp³-hybridized carbons (Fsp3) is 0.385. The largest absolute Gasteiger partial charge is 0.387 e. The molecule has 180 valence electrons. The molecule has 4 N–H and O–H groups in total. The first-order valence-electron chi connectivity index (χ1n) is 11.7. The van der Waals surface area contributed by atoms with Gasteiger partial charge in [0.25, 0.3) is 0 Å². The molecule has 2 fully saturated rings. The van der Waals surface area contributed by atoms with Gasteiger partial charge in [0.05, 0.1) is 13.2 Å². The van der Waals surface area contributed by atoms with E-state index in [-0.39, 0.29) is 19.0 Å². The van der Waals surface area contributed by atoms with Crippen LogP contribution < -0.4 is 16.4 Å². The molecule has 4 rings (SSSR count). The molecule has 8 heteroatoms. The van der Waals surface area contributed by atoms with Gasteiger partial charge in [-0.3, -0.25) is 14.7 Å². The van der Waals surface area contributed by atoms with Gasteiger partial charge < -0.3 is 21.1 Å². The number of carbonyl (C=O) groups excluding carboxylic acids is 1. The second-order valence-electron chi connectivity index (χ2n) is 8.78. The van der Waals surface area contributed by atoms with Crippen LogP contribution in [0.5, 0.6) is 0 Å². The monoisotopic (exact) mass is 465 g/mol. The average Bonchev–Trinajstić information content (AvgIpc) is 3.60. The molecule has 0 spiro atoms. The fourth-order valence-corrected chi connectivity index (χ4v) is 3.81. The SMILES string of the molecule is NC/C(=C\NCC1(F)CC1)c1ccncc1/C=C/C(=O)Nc1ccc(CN2CCOCC2)cc1. The molecule has 2 heterocycles. The third-order valence-electron chi connectivity index (χ3n) is 6.05. The minimum absolute atomic E-state index is 0.236. The Kier molecular flexibility index (Phi) is 8.05. The summed E-state index contributed by atoms with van der Waals surface area (Å²) in [7, 11) is 0. The van der Waals surface area contributed by atoms with Gasteiger partial charge in [-0.25, -0.2) is 4.39 Å². The Morgan fingerprint density at radius 2 is 1.97 bits per heavy atom. The Morgan fingerprint density at radius 3 is 2.68 bits per heavy atom. The summed E-state index contributed by atoms with van der Waals surface area (Å²) < 4.78 is 19.2. The summed E-state index contributed by atoms with van der Waals surface area (Å²) in [6.45, 7) is 4.85. The Labute approximate surface area is 199 Å². The van der Waals surface area contributed by atoms with Gasteiger partial charge in [-0.15, -0.1) is 0 Å². The molecule has 0 bridgehead atoms. The molecule has 0 unspecified atom stereocenters. The summed E-state index contributed by atoms with van der Waals surface area (Å²) in [5.74, 6) is -0.236. The quantitative estimate of drug-likeness (QED) is 0.467. The Hall–Kier alpha value is -3.07. The first kappa shape index (κ1) is 24.1. The van der Waals surface area contributed by atoms with Crippen LogP contribution in [0.25, 0.3) is 11.6 Å². The van der Waals surface area contributed by atoms with Crippen molar-refractivity contribution in [2.75, 3.05) is 44.7 Å². The predicted molar refractivity (Wildman–Crippen MR) is 133 cm³/mol. The molecule has 1 saturated heterocycles. The van der Waals surface area contributed by atoms with Crippen molar-refractivity contribution >= 4 is 23.2 Å². The van der Waals surface area contributed by atoms with Gasteiger partial charge in [0.2, 0.25) is 5.91 Å². The Bertz CT molecular complexity index is 1030. The van der Waals surface area contributed by atoms with Crippen LogP contribution in [0, 0.1) is 0 Å². The van der Waals surface area contributed by atoms with Gasteiger partial charge in [-0.05, 0) is 53.8 Å². The minimum Gasteiger partial charge on any atom is -0.387 e. The number of rotatable bonds is 10. The van der Waals surface area contributed by atoms with E-state index in [0.29, 0.717) is 12.8 Å². The number of alkyl halides is 1. The number of hydrogen-bond acceptors (Lipinski definition) is 6. The van der Waals surface area contributed by atoms with Crippen molar-refractivity contribution in [3.63, 3.8) is 0 Å². The number of pyridine rings is 1. The highest BCUT2D eigenvalue weighted by Crippen LogP contribution is 2.38. The van der Waals surface area contributed by atoms with Crippen molar-refractivity contribution < 1.29 is 13.9 Å². The highest BCUT2D eigenvalue weighted by Gasteiger charge is 2.42. The van der Waals surface area contributed by atoms with Gasteiger partial charge >= 0.3 is 0 Å². The lowest BCUT2D eigenvalue weighted by Crippen LogP contribution is -2.35. The van der Waals surface area contributed by atoms with Crippen molar-refractivity contribution in [3.8, 4) is 0 Å². The number of carbonyl (C=O) groups is 1. The number of nitrogens with two attached hydrogens (primary N) is 1. The molecule has 2 aliphatic rings. The van der Waals surface area contributed by atoms with E-state index in [1.54, 1.807) is 24.7 Å². The molecule has 1 aromatic heterocycles. The maximum Gasteiger partial charge on any atom is 0.248 e. The number of anilines is 1. The van der Waals surface area contributed by atoms with Crippen LogP contribution in [0.1, 0.15) is 29.5 Å². The molecule has 1 aliphatic carbocycles. The van der Waals surface area contributed by atoms with Gasteiger partial charge in [-0.1, -0.05) is 12.1 Å². The zero-order valence-electron chi connectivity index (χ0n) is 19.3. The summed E-state index contributed by atoms with van der Waals surface area (Å²) in [4.78, 5) is 19.0. The summed E-state index contributed by atoms with van der Waals surface area (Å²) in [5, 5.41) is 5.93. The molecule has 0 radical (unpaired) electrons. The van der Waals surface area contributed by atoms with Crippen LogP contribution >= 0.6 is 0 Å². The van der Waals surface area contributed by atoms with Gasteiger partial charge in [0.15, 0.2) is 0 Å². The second-order valence-corrected chi connectivity index (χ2v) is 8.78.